The van der Waals surface area contributed by atoms with Gasteiger partial charge in [0.1, 0.15) is 6.04 Å². The van der Waals surface area contributed by atoms with Crippen molar-refractivity contribution >= 4 is 17.6 Å². The lowest BCUT2D eigenvalue weighted by molar-refractivity contribution is -0.139. The number of rotatable bonds is 5. The maximum absolute atomic E-state index is 10.6. The highest BCUT2D eigenvalue weighted by Gasteiger charge is 2.13. The zero-order valence-electron chi connectivity index (χ0n) is 10.1. The van der Waals surface area contributed by atoms with Crippen LogP contribution in [0, 0.1) is 0 Å². The molecule has 0 saturated carbocycles. The molecule has 0 spiro atoms. The molecule has 1 atom stereocenters. The monoisotopic (exact) mass is 281 g/mol. The van der Waals surface area contributed by atoms with Crippen LogP contribution in [0.4, 0.5) is 0 Å². The molecule has 0 amide bonds. The van der Waals surface area contributed by atoms with Crippen molar-refractivity contribution < 1.29 is 14.4 Å². The second-order valence-electron chi connectivity index (χ2n) is 3.96. The first-order chi connectivity index (χ1) is 9.06. The van der Waals surface area contributed by atoms with E-state index in [0.29, 0.717) is 16.7 Å². The topological polar surface area (TPSA) is 88.3 Å². The zero-order chi connectivity index (χ0) is 13.8. The highest BCUT2D eigenvalue weighted by molar-refractivity contribution is 6.30. The number of carboxylic acid groups (broad SMARTS) is 1. The van der Waals surface area contributed by atoms with Crippen molar-refractivity contribution in [2.24, 2.45) is 0 Å². The quantitative estimate of drug-likeness (QED) is 0.871. The molecule has 2 aromatic rings. The highest BCUT2D eigenvalue weighted by atomic mass is 35.5. The van der Waals surface area contributed by atoms with E-state index in [1.54, 1.807) is 31.2 Å². The molecule has 1 aromatic heterocycles. The SMILES string of the molecule is C[C@@H](NCc1noc(-c2ccc(Cl)cc2)n1)C(=O)O. The lowest BCUT2D eigenvalue weighted by atomic mass is 10.2. The molecule has 2 rings (SSSR count). The van der Waals surface area contributed by atoms with Gasteiger partial charge in [-0.05, 0) is 31.2 Å². The van der Waals surface area contributed by atoms with Crippen LogP contribution in [-0.4, -0.2) is 27.3 Å². The van der Waals surface area contributed by atoms with Gasteiger partial charge in [-0.15, -0.1) is 0 Å². The van der Waals surface area contributed by atoms with Gasteiger partial charge in [0.05, 0.1) is 6.54 Å². The van der Waals surface area contributed by atoms with E-state index < -0.39 is 12.0 Å². The van der Waals surface area contributed by atoms with Crippen LogP contribution in [0.15, 0.2) is 28.8 Å². The van der Waals surface area contributed by atoms with E-state index in [1.807, 2.05) is 0 Å². The number of nitrogens with zero attached hydrogens (tertiary/aromatic N) is 2. The molecule has 0 bridgehead atoms. The number of carboxylic acids is 1. The maximum Gasteiger partial charge on any atom is 0.320 e. The van der Waals surface area contributed by atoms with Crippen molar-refractivity contribution in [3.63, 3.8) is 0 Å². The molecule has 0 fully saturated rings. The van der Waals surface area contributed by atoms with E-state index in [-0.39, 0.29) is 6.54 Å². The second kappa shape index (κ2) is 5.81. The van der Waals surface area contributed by atoms with E-state index in [4.69, 9.17) is 21.2 Å². The Labute approximate surface area is 114 Å². The number of aliphatic carboxylic acids is 1. The minimum atomic E-state index is -0.929. The molecular formula is C12H12ClN3O3. The molecule has 1 aromatic carbocycles. The fraction of sp³-hybridized carbons (Fsp3) is 0.250. The Bertz CT molecular complexity index is 568. The summed E-state index contributed by atoms with van der Waals surface area (Å²) in [5.74, 6) is -0.157. The van der Waals surface area contributed by atoms with Crippen LogP contribution in [0.1, 0.15) is 12.7 Å². The van der Waals surface area contributed by atoms with E-state index in [2.05, 4.69) is 15.5 Å². The van der Waals surface area contributed by atoms with Gasteiger partial charge in [-0.2, -0.15) is 4.98 Å². The third kappa shape index (κ3) is 3.52. The van der Waals surface area contributed by atoms with Crippen LogP contribution in [0.3, 0.4) is 0 Å². The van der Waals surface area contributed by atoms with Gasteiger partial charge < -0.3 is 9.63 Å². The normalized spacial score (nSPS) is 12.3. The number of carbonyl (C=O) groups is 1. The summed E-state index contributed by atoms with van der Waals surface area (Å²) < 4.78 is 5.09. The third-order valence-corrected chi connectivity index (χ3v) is 2.75. The van der Waals surface area contributed by atoms with Crippen LogP contribution < -0.4 is 5.32 Å². The van der Waals surface area contributed by atoms with Crippen LogP contribution in [0.2, 0.25) is 5.02 Å². The Hall–Kier alpha value is -1.92. The van der Waals surface area contributed by atoms with Crippen molar-refractivity contribution in [1.29, 1.82) is 0 Å². The summed E-state index contributed by atoms with van der Waals surface area (Å²) in [5, 5.41) is 15.9. The van der Waals surface area contributed by atoms with Gasteiger partial charge in [0, 0.05) is 10.6 Å². The first-order valence-electron chi connectivity index (χ1n) is 5.61. The molecule has 100 valence electrons. The third-order valence-electron chi connectivity index (χ3n) is 2.50. The summed E-state index contributed by atoms with van der Waals surface area (Å²) in [7, 11) is 0. The molecule has 0 aliphatic heterocycles. The fourth-order valence-corrected chi connectivity index (χ4v) is 1.49. The van der Waals surface area contributed by atoms with E-state index in [1.165, 1.54) is 0 Å². The number of benzene rings is 1. The van der Waals surface area contributed by atoms with Gasteiger partial charge in [-0.25, -0.2) is 0 Å². The average molecular weight is 282 g/mol. The Morgan fingerprint density at radius 3 is 2.79 bits per heavy atom. The number of hydrogen-bond donors (Lipinski definition) is 2. The van der Waals surface area contributed by atoms with Crippen molar-refractivity contribution in [1.82, 2.24) is 15.5 Å². The van der Waals surface area contributed by atoms with Crippen LogP contribution >= 0.6 is 11.6 Å². The number of hydrogen-bond acceptors (Lipinski definition) is 5. The molecule has 0 saturated heterocycles. The summed E-state index contributed by atoms with van der Waals surface area (Å²) in [5.41, 5.74) is 0.759. The average Bonchev–Trinajstić information content (AvgIpc) is 2.85. The lowest BCUT2D eigenvalue weighted by Crippen LogP contribution is -2.33. The predicted molar refractivity (Wildman–Crippen MR) is 68.7 cm³/mol. The molecule has 0 aliphatic carbocycles. The minimum Gasteiger partial charge on any atom is -0.480 e. The first kappa shape index (κ1) is 13.5. The molecule has 0 aliphatic rings. The maximum atomic E-state index is 10.6. The Balaban J connectivity index is 2.03. The van der Waals surface area contributed by atoms with Crippen molar-refractivity contribution in [2.75, 3.05) is 0 Å². The standard InChI is InChI=1S/C12H12ClN3O3/c1-7(12(17)18)14-6-10-15-11(19-16-10)8-2-4-9(13)5-3-8/h2-5,7,14H,6H2,1H3,(H,17,18)/t7-/m1/s1. The van der Waals surface area contributed by atoms with Crippen LogP contribution in [-0.2, 0) is 11.3 Å². The number of nitrogens with one attached hydrogen (secondary N) is 1. The van der Waals surface area contributed by atoms with Gasteiger partial charge in [-0.3, -0.25) is 10.1 Å². The summed E-state index contributed by atoms with van der Waals surface area (Å²) >= 11 is 5.79. The van der Waals surface area contributed by atoms with Gasteiger partial charge in [0.15, 0.2) is 5.82 Å². The van der Waals surface area contributed by atoms with Crippen molar-refractivity contribution in [3.05, 3.63) is 35.1 Å². The predicted octanol–water partition coefficient (Wildman–Crippen LogP) is 1.95. The molecule has 0 unspecified atom stereocenters. The van der Waals surface area contributed by atoms with Gasteiger partial charge in [0.25, 0.3) is 5.89 Å². The fourth-order valence-electron chi connectivity index (χ4n) is 1.37. The Morgan fingerprint density at radius 1 is 1.47 bits per heavy atom. The summed E-state index contributed by atoms with van der Waals surface area (Å²) in [6, 6.07) is 6.33. The van der Waals surface area contributed by atoms with E-state index >= 15 is 0 Å². The van der Waals surface area contributed by atoms with Gasteiger partial charge in [-0.1, -0.05) is 16.8 Å². The summed E-state index contributed by atoms with van der Waals surface area (Å²) in [6.07, 6.45) is 0. The first-order valence-corrected chi connectivity index (χ1v) is 5.99. The number of aromatic nitrogens is 2. The molecular weight excluding hydrogens is 270 g/mol. The van der Waals surface area contributed by atoms with E-state index in [9.17, 15) is 4.79 Å². The molecule has 0 radical (unpaired) electrons. The Kier molecular flexibility index (Phi) is 4.13. The van der Waals surface area contributed by atoms with Gasteiger partial charge in [0.2, 0.25) is 0 Å². The number of halogens is 1. The van der Waals surface area contributed by atoms with Gasteiger partial charge >= 0.3 is 5.97 Å². The Morgan fingerprint density at radius 2 is 2.16 bits per heavy atom. The smallest absolute Gasteiger partial charge is 0.320 e. The van der Waals surface area contributed by atoms with E-state index in [0.717, 1.165) is 5.56 Å². The molecule has 1 heterocycles. The van der Waals surface area contributed by atoms with Crippen molar-refractivity contribution in [2.45, 2.75) is 19.5 Å². The lowest BCUT2D eigenvalue weighted by Gasteiger charge is -2.05. The second-order valence-corrected chi connectivity index (χ2v) is 4.40. The molecule has 19 heavy (non-hydrogen) atoms. The summed E-state index contributed by atoms with van der Waals surface area (Å²) in [4.78, 5) is 14.8. The van der Waals surface area contributed by atoms with Crippen molar-refractivity contribution in [3.8, 4) is 11.5 Å². The molecule has 7 heteroatoms. The molecule has 2 N–H and O–H groups in total. The summed E-state index contributed by atoms with van der Waals surface area (Å²) in [6.45, 7) is 1.77. The zero-order valence-corrected chi connectivity index (χ0v) is 10.9. The van der Waals surface area contributed by atoms with Crippen LogP contribution in [0.25, 0.3) is 11.5 Å². The molecule has 6 nitrogen and oxygen atoms in total. The largest absolute Gasteiger partial charge is 0.480 e. The minimum absolute atomic E-state index is 0.227. The van der Waals surface area contributed by atoms with Crippen LogP contribution in [0.5, 0.6) is 0 Å². The highest BCUT2D eigenvalue weighted by Crippen LogP contribution is 2.19.